The van der Waals surface area contributed by atoms with Crippen LogP contribution in [0.15, 0.2) is 48.5 Å². The first-order valence-electron chi connectivity index (χ1n) is 7.87. The zero-order chi connectivity index (χ0) is 16.4. The van der Waals surface area contributed by atoms with Crippen LogP contribution in [0, 0.1) is 12.8 Å². The second-order valence-electron chi connectivity index (χ2n) is 6.20. The molecule has 0 spiro atoms. The van der Waals surface area contributed by atoms with Crippen molar-refractivity contribution < 1.29 is 4.79 Å². The number of aromatic nitrogens is 2. The topological polar surface area (TPSA) is 57.8 Å². The molecule has 1 heterocycles. The van der Waals surface area contributed by atoms with E-state index in [0.717, 1.165) is 22.4 Å². The van der Waals surface area contributed by atoms with Gasteiger partial charge in [-0.15, -0.1) is 0 Å². The summed E-state index contributed by atoms with van der Waals surface area (Å²) >= 11 is 0. The van der Waals surface area contributed by atoms with Gasteiger partial charge in [0.05, 0.1) is 17.1 Å². The molecule has 2 N–H and O–H groups in total. The number of hydrogen-bond acceptors (Lipinski definition) is 2. The molecular formula is C19H21N3O. The van der Waals surface area contributed by atoms with Crippen molar-refractivity contribution in [1.82, 2.24) is 15.3 Å². The van der Waals surface area contributed by atoms with Gasteiger partial charge in [0.25, 0.3) is 5.91 Å². The molecule has 3 rings (SSSR count). The van der Waals surface area contributed by atoms with Gasteiger partial charge in [0.2, 0.25) is 0 Å². The van der Waals surface area contributed by atoms with Gasteiger partial charge < -0.3 is 10.3 Å². The van der Waals surface area contributed by atoms with Crippen molar-refractivity contribution in [1.29, 1.82) is 0 Å². The highest BCUT2D eigenvalue weighted by Gasteiger charge is 2.22. The summed E-state index contributed by atoms with van der Waals surface area (Å²) in [6.07, 6.45) is 0. The third-order valence-corrected chi connectivity index (χ3v) is 3.97. The average molecular weight is 307 g/mol. The van der Waals surface area contributed by atoms with E-state index in [1.165, 1.54) is 0 Å². The summed E-state index contributed by atoms with van der Waals surface area (Å²) in [6, 6.07) is 15.3. The minimum Gasteiger partial charge on any atom is -0.342 e. The molecule has 1 atom stereocenters. The van der Waals surface area contributed by atoms with E-state index >= 15 is 0 Å². The summed E-state index contributed by atoms with van der Waals surface area (Å²) < 4.78 is 0. The Morgan fingerprint density at radius 1 is 1.09 bits per heavy atom. The third kappa shape index (κ3) is 3.26. The summed E-state index contributed by atoms with van der Waals surface area (Å²) in [7, 11) is 0. The van der Waals surface area contributed by atoms with Gasteiger partial charge in [-0.2, -0.15) is 0 Å². The van der Waals surface area contributed by atoms with Crippen molar-refractivity contribution in [3.8, 4) is 0 Å². The average Bonchev–Trinajstić information content (AvgIpc) is 2.96. The summed E-state index contributed by atoms with van der Waals surface area (Å²) in [4.78, 5) is 20.4. The van der Waals surface area contributed by atoms with Crippen LogP contribution < -0.4 is 5.32 Å². The normalized spacial score (nSPS) is 12.5. The Hall–Kier alpha value is -2.62. The first kappa shape index (κ1) is 15.3. The fourth-order valence-electron chi connectivity index (χ4n) is 2.60. The number of imidazole rings is 1. The zero-order valence-corrected chi connectivity index (χ0v) is 13.6. The van der Waals surface area contributed by atoms with Gasteiger partial charge in [-0.05, 0) is 37.1 Å². The zero-order valence-electron chi connectivity index (χ0n) is 13.6. The maximum absolute atomic E-state index is 12.5. The molecule has 0 bridgehead atoms. The standard InChI is InChI=1S/C19H21N3O/c1-12(2)17(18-20-15-6-4-5-7-16(15)21-18)22-19(23)14-10-8-13(3)9-11-14/h4-12,17H,1-3H3,(H,20,21)(H,22,23). The number of amides is 1. The molecule has 0 aliphatic heterocycles. The van der Waals surface area contributed by atoms with Crippen LogP contribution in [-0.2, 0) is 0 Å². The van der Waals surface area contributed by atoms with Crippen molar-refractivity contribution in [2.75, 3.05) is 0 Å². The van der Waals surface area contributed by atoms with Gasteiger partial charge in [0.15, 0.2) is 0 Å². The minimum atomic E-state index is -0.156. The van der Waals surface area contributed by atoms with Crippen molar-refractivity contribution in [2.45, 2.75) is 26.8 Å². The highest BCUT2D eigenvalue weighted by molar-refractivity contribution is 5.94. The Morgan fingerprint density at radius 3 is 2.43 bits per heavy atom. The fourth-order valence-corrected chi connectivity index (χ4v) is 2.60. The van der Waals surface area contributed by atoms with Gasteiger partial charge in [-0.3, -0.25) is 4.79 Å². The Kier molecular flexibility index (Phi) is 4.15. The van der Waals surface area contributed by atoms with E-state index in [0.29, 0.717) is 5.56 Å². The number of aryl methyl sites for hydroxylation is 1. The number of para-hydroxylation sites is 2. The molecule has 2 aromatic carbocycles. The van der Waals surface area contributed by atoms with Gasteiger partial charge in [-0.1, -0.05) is 43.7 Å². The number of hydrogen-bond donors (Lipinski definition) is 2. The van der Waals surface area contributed by atoms with Crippen LogP contribution in [-0.4, -0.2) is 15.9 Å². The van der Waals surface area contributed by atoms with Crippen molar-refractivity contribution >= 4 is 16.9 Å². The quantitative estimate of drug-likeness (QED) is 0.765. The fraction of sp³-hybridized carbons (Fsp3) is 0.263. The van der Waals surface area contributed by atoms with Crippen LogP contribution >= 0.6 is 0 Å². The maximum atomic E-state index is 12.5. The van der Waals surface area contributed by atoms with E-state index in [1.807, 2.05) is 55.5 Å². The number of nitrogens with zero attached hydrogens (tertiary/aromatic N) is 1. The van der Waals surface area contributed by atoms with E-state index in [-0.39, 0.29) is 17.9 Å². The lowest BCUT2D eigenvalue weighted by molar-refractivity contribution is 0.0923. The van der Waals surface area contributed by atoms with E-state index in [9.17, 15) is 4.79 Å². The number of benzene rings is 2. The second kappa shape index (κ2) is 6.24. The van der Waals surface area contributed by atoms with Crippen LogP contribution in [0.3, 0.4) is 0 Å². The van der Waals surface area contributed by atoms with Crippen molar-refractivity contribution in [2.24, 2.45) is 5.92 Å². The molecule has 0 fully saturated rings. The Labute approximate surface area is 136 Å². The molecule has 0 saturated carbocycles. The van der Waals surface area contributed by atoms with Crippen LogP contribution in [0.2, 0.25) is 0 Å². The summed E-state index contributed by atoms with van der Waals surface area (Å²) in [5.41, 5.74) is 3.70. The number of aromatic amines is 1. The summed E-state index contributed by atoms with van der Waals surface area (Å²) in [5, 5.41) is 3.10. The third-order valence-electron chi connectivity index (χ3n) is 3.97. The highest BCUT2D eigenvalue weighted by atomic mass is 16.1. The van der Waals surface area contributed by atoms with E-state index in [1.54, 1.807) is 0 Å². The molecule has 1 aromatic heterocycles. The van der Waals surface area contributed by atoms with Crippen LogP contribution in [0.5, 0.6) is 0 Å². The Bertz CT molecular complexity index is 785. The molecule has 0 saturated heterocycles. The van der Waals surface area contributed by atoms with Gasteiger partial charge >= 0.3 is 0 Å². The smallest absolute Gasteiger partial charge is 0.251 e. The number of carbonyl (C=O) groups excluding carboxylic acids is 1. The molecule has 1 amide bonds. The van der Waals surface area contributed by atoms with E-state index in [2.05, 4.69) is 29.1 Å². The second-order valence-corrected chi connectivity index (χ2v) is 6.20. The molecular weight excluding hydrogens is 286 g/mol. The molecule has 0 aliphatic rings. The summed E-state index contributed by atoms with van der Waals surface area (Å²) in [5.74, 6) is 0.941. The lowest BCUT2D eigenvalue weighted by Crippen LogP contribution is -2.32. The van der Waals surface area contributed by atoms with Gasteiger partial charge in [-0.25, -0.2) is 4.98 Å². The molecule has 3 aromatic rings. The van der Waals surface area contributed by atoms with Crippen molar-refractivity contribution in [3.05, 3.63) is 65.5 Å². The van der Waals surface area contributed by atoms with Gasteiger partial charge in [0, 0.05) is 5.56 Å². The van der Waals surface area contributed by atoms with E-state index in [4.69, 9.17) is 0 Å². The first-order valence-corrected chi connectivity index (χ1v) is 7.87. The number of carbonyl (C=O) groups is 1. The predicted octanol–water partition coefficient (Wildman–Crippen LogP) is 4.00. The molecule has 1 unspecified atom stereocenters. The van der Waals surface area contributed by atoms with Crippen LogP contribution in [0.1, 0.15) is 41.6 Å². The number of H-pyrrole nitrogens is 1. The molecule has 4 nitrogen and oxygen atoms in total. The number of rotatable bonds is 4. The number of nitrogens with one attached hydrogen (secondary N) is 2. The Morgan fingerprint density at radius 2 is 1.78 bits per heavy atom. The Balaban J connectivity index is 1.86. The lowest BCUT2D eigenvalue weighted by Gasteiger charge is -2.20. The SMILES string of the molecule is Cc1ccc(C(=O)NC(c2nc3ccccc3[nH]2)C(C)C)cc1. The highest BCUT2D eigenvalue weighted by Crippen LogP contribution is 2.22. The van der Waals surface area contributed by atoms with Crippen molar-refractivity contribution in [3.63, 3.8) is 0 Å². The summed E-state index contributed by atoms with van der Waals surface area (Å²) in [6.45, 7) is 6.16. The number of fused-ring (bicyclic) bond motifs is 1. The van der Waals surface area contributed by atoms with E-state index < -0.39 is 0 Å². The van der Waals surface area contributed by atoms with Crippen LogP contribution in [0.25, 0.3) is 11.0 Å². The molecule has 4 heteroatoms. The van der Waals surface area contributed by atoms with Crippen LogP contribution in [0.4, 0.5) is 0 Å². The monoisotopic (exact) mass is 307 g/mol. The molecule has 0 radical (unpaired) electrons. The molecule has 23 heavy (non-hydrogen) atoms. The van der Waals surface area contributed by atoms with Gasteiger partial charge in [0.1, 0.15) is 5.82 Å². The lowest BCUT2D eigenvalue weighted by atomic mass is 10.0. The predicted molar refractivity (Wildman–Crippen MR) is 92.3 cm³/mol. The largest absolute Gasteiger partial charge is 0.342 e. The first-order chi connectivity index (χ1) is 11.0. The maximum Gasteiger partial charge on any atom is 0.251 e. The molecule has 118 valence electrons. The molecule has 0 aliphatic carbocycles. The minimum absolute atomic E-state index is 0.0795.